The highest BCUT2D eigenvalue weighted by atomic mass is 35.5. The maximum atomic E-state index is 13.3. The SMILES string of the molecule is COC(=O)Nc1nc(Cl)ccc1NCc1cc(C)cc2c(=O)n(C)c3c(C(=O)N(C)C)ncn3c12. The molecule has 2 amide bonds. The van der Waals surface area contributed by atoms with Crippen LogP contribution in [0.3, 0.4) is 0 Å². The Morgan fingerprint density at radius 2 is 1.97 bits per heavy atom. The minimum Gasteiger partial charge on any atom is -0.453 e. The number of aromatic nitrogens is 4. The van der Waals surface area contributed by atoms with Gasteiger partial charge in [-0.05, 0) is 36.2 Å². The standard InChI is InChI=1S/C23H24ClN7O4/c1-12-8-13(10-25-15-6-7-16(24)27-19(15)28-23(34)35-5)18-14(9-12)21(32)30(4)20-17(22(33)29(2)3)26-11-31(18)20/h6-9,11,25H,10H2,1-5H3,(H,27,28,34). The average Bonchev–Trinajstić information content (AvgIpc) is 3.25. The van der Waals surface area contributed by atoms with E-state index in [1.165, 1.54) is 16.6 Å². The molecule has 4 aromatic rings. The number of halogens is 1. The Bertz CT molecular complexity index is 1540. The summed E-state index contributed by atoms with van der Waals surface area (Å²) in [6, 6.07) is 7.02. The molecule has 1 aromatic carbocycles. The van der Waals surface area contributed by atoms with E-state index in [0.717, 1.165) is 11.1 Å². The molecule has 0 aliphatic carbocycles. The van der Waals surface area contributed by atoms with E-state index < -0.39 is 6.09 Å². The van der Waals surface area contributed by atoms with Crippen LogP contribution in [0.15, 0.2) is 35.4 Å². The maximum Gasteiger partial charge on any atom is 0.412 e. The van der Waals surface area contributed by atoms with E-state index in [2.05, 4.69) is 25.3 Å². The summed E-state index contributed by atoms with van der Waals surface area (Å²) in [5, 5.41) is 6.46. The van der Waals surface area contributed by atoms with E-state index in [0.29, 0.717) is 22.2 Å². The number of benzene rings is 1. The molecule has 0 bridgehead atoms. The van der Waals surface area contributed by atoms with Gasteiger partial charge < -0.3 is 15.0 Å². The van der Waals surface area contributed by atoms with Crippen molar-refractivity contribution in [1.29, 1.82) is 0 Å². The van der Waals surface area contributed by atoms with Gasteiger partial charge in [0.15, 0.2) is 17.2 Å². The predicted octanol–water partition coefficient (Wildman–Crippen LogP) is 3.04. The lowest BCUT2D eigenvalue weighted by molar-refractivity contribution is 0.0824. The molecule has 0 saturated carbocycles. The summed E-state index contributed by atoms with van der Waals surface area (Å²) in [6.07, 6.45) is 0.853. The fourth-order valence-corrected chi connectivity index (χ4v) is 4.06. The number of imidazole rings is 1. The second kappa shape index (κ2) is 9.26. The number of fused-ring (bicyclic) bond motifs is 3. The zero-order valence-corrected chi connectivity index (χ0v) is 20.6. The van der Waals surface area contributed by atoms with Crippen LogP contribution in [-0.4, -0.2) is 57.0 Å². The zero-order valence-electron chi connectivity index (χ0n) is 19.8. The third kappa shape index (κ3) is 4.37. The van der Waals surface area contributed by atoms with Crippen LogP contribution in [0.1, 0.15) is 21.6 Å². The number of amides is 2. The van der Waals surface area contributed by atoms with Crippen LogP contribution in [0.5, 0.6) is 0 Å². The fourth-order valence-electron chi connectivity index (χ4n) is 3.91. The Hall–Kier alpha value is -4.12. The Morgan fingerprint density at radius 3 is 2.66 bits per heavy atom. The molecule has 182 valence electrons. The van der Waals surface area contributed by atoms with E-state index in [4.69, 9.17) is 11.6 Å². The molecule has 0 saturated heterocycles. The van der Waals surface area contributed by atoms with Gasteiger partial charge in [-0.1, -0.05) is 17.7 Å². The van der Waals surface area contributed by atoms with Gasteiger partial charge in [-0.15, -0.1) is 0 Å². The first-order valence-corrected chi connectivity index (χ1v) is 11.0. The van der Waals surface area contributed by atoms with Crippen LogP contribution >= 0.6 is 11.6 Å². The van der Waals surface area contributed by atoms with Gasteiger partial charge in [0.25, 0.3) is 11.5 Å². The third-order valence-corrected chi connectivity index (χ3v) is 5.72. The fraction of sp³-hybridized carbons (Fsp3) is 0.261. The molecule has 35 heavy (non-hydrogen) atoms. The summed E-state index contributed by atoms with van der Waals surface area (Å²) in [5.41, 5.74) is 3.13. The normalized spacial score (nSPS) is 11.0. The lowest BCUT2D eigenvalue weighted by Crippen LogP contribution is -2.26. The lowest BCUT2D eigenvalue weighted by atomic mass is 10.1. The van der Waals surface area contributed by atoms with Crippen LogP contribution in [0.4, 0.5) is 16.3 Å². The zero-order chi connectivity index (χ0) is 25.4. The Morgan fingerprint density at radius 1 is 1.23 bits per heavy atom. The topological polar surface area (TPSA) is 123 Å². The molecular formula is C23H24ClN7O4. The van der Waals surface area contributed by atoms with Crippen LogP contribution in [0.25, 0.3) is 16.6 Å². The van der Waals surface area contributed by atoms with Crippen LogP contribution in [-0.2, 0) is 18.3 Å². The monoisotopic (exact) mass is 497 g/mol. The smallest absolute Gasteiger partial charge is 0.412 e. The van der Waals surface area contributed by atoms with Gasteiger partial charge >= 0.3 is 6.09 Å². The number of nitrogens with one attached hydrogen (secondary N) is 2. The van der Waals surface area contributed by atoms with Gasteiger partial charge in [-0.3, -0.25) is 23.9 Å². The van der Waals surface area contributed by atoms with Crippen molar-refractivity contribution >= 4 is 51.7 Å². The predicted molar refractivity (Wildman–Crippen MR) is 133 cm³/mol. The van der Waals surface area contributed by atoms with Crippen LogP contribution in [0.2, 0.25) is 5.15 Å². The van der Waals surface area contributed by atoms with Crippen molar-refractivity contribution in [3.63, 3.8) is 0 Å². The minimum atomic E-state index is -0.689. The molecule has 0 unspecified atom stereocenters. The molecule has 3 aromatic heterocycles. The highest BCUT2D eigenvalue weighted by molar-refractivity contribution is 6.29. The van der Waals surface area contributed by atoms with Crippen molar-refractivity contribution in [3.8, 4) is 0 Å². The Balaban J connectivity index is 1.86. The number of carbonyl (C=O) groups excluding carboxylic acids is 2. The minimum absolute atomic E-state index is 0.183. The van der Waals surface area contributed by atoms with Crippen molar-refractivity contribution in [1.82, 2.24) is 23.8 Å². The number of hydrogen-bond acceptors (Lipinski definition) is 7. The number of pyridine rings is 1. The van der Waals surface area contributed by atoms with E-state index in [1.54, 1.807) is 44.0 Å². The summed E-state index contributed by atoms with van der Waals surface area (Å²) in [4.78, 5) is 47.6. The molecule has 4 rings (SSSR count). The first kappa shape index (κ1) is 24.0. The van der Waals surface area contributed by atoms with Crippen molar-refractivity contribution in [2.24, 2.45) is 7.05 Å². The second-order valence-corrected chi connectivity index (χ2v) is 8.56. The molecule has 0 aliphatic rings. The summed E-state index contributed by atoms with van der Waals surface area (Å²) in [6.45, 7) is 2.17. The molecule has 0 radical (unpaired) electrons. The quantitative estimate of drug-likeness (QED) is 0.406. The molecule has 12 heteroatoms. The molecule has 0 atom stereocenters. The van der Waals surface area contributed by atoms with E-state index in [1.807, 2.05) is 19.1 Å². The maximum absolute atomic E-state index is 13.3. The molecular weight excluding hydrogens is 474 g/mol. The highest BCUT2D eigenvalue weighted by Crippen LogP contribution is 2.26. The van der Waals surface area contributed by atoms with Crippen molar-refractivity contribution in [2.45, 2.75) is 13.5 Å². The van der Waals surface area contributed by atoms with Crippen molar-refractivity contribution < 1.29 is 14.3 Å². The molecule has 0 spiro atoms. The van der Waals surface area contributed by atoms with Gasteiger partial charge in [0, 0.05) is 27.7 Å². The summed E-state index contributed by atoms with van der Waals surface area (Å²) >= 11 is 6.00. The summed E-state index contributed by atoms with van der Waals surface area (Å²) < 4.78 is 7.84. The molecule has 2 N–H and O–H groups in total. The second-order valence-electron chi connectivity index (χ2n) is 8.17. The number of carbonyl (C=O) groups is 2. The Labute approximate surface area is 205 Å². The van der Waals surface area contributed by atoms with Gasteiger partial charge in [-0.25, -0.2) is 14.8 Å². The average molecular weight is 498 g/mol. The largest absolute Gasteiger partial charge is 0.453 e. The molecule has 0 fully saturated rings. The number of ether oxygens (including phenoxy) is 1. The summed E-state index contributed by atoms with van der Waals surface area (Å²) in [5.74, 6) is -0.108. The number of aryl methyl sites for hydroxylation is 2. The van der Waals surface area contributed by atoms with E-state index >= 15 is 0 Å². The van der Waals surface area contributed by atoms with Gasteiger partial charge in [-0.2, -0.15) is 0 Å². The van der Waals surface area contributed by atoms with Gasteiger partial charge in [0.05, 0.1) is 23.7 Å². The number of hydrogen-bond donors (Lipinski definition) is 2. The Kier molecular flexibility index (Phi) is 6.35. The van der Waals surface area contributed by atoms with E-state index in [-0.39, 0.29) is 34.7 Å². The molecule has 0 aliphatic heterocycles. The number of nitrogens with zero attached hydrogens (tertiary/aromatic N) is 5. The number of anilines is 2. The van der Waals surface area contributed by atoms with Crippen LogP contribution in [0, 0.1) is 6.92 Å². The van der Waals surface area contributed by atoms with Gasteiger partial charge in [0.2, 0.25) is 0 Å². The molecule has 3 heterocycles. The number of rotatable bonds is 5. The highest BCUT2D eigenvalue weighted by Gasteiger charge is 2.22. The van der Waals surface area contributed by atoms with Crippen molar-refractivity contribution in [2.75, 3.05) is 31.8 Å². The third-order valence-electron chi connectivity index (χ3n) is 5.51. The summed E-state index contributed by atoms with van der Waals surface area (Å²) in [7, 11) is 6.13. The van der Waals surface area contributed by atoms with Gasteiger partial charge in [0.1, 0.15) is 11.5 Å². The van der Waals surface area contributed by atoms with Crippen molar-refractivity contribution in [3.05, 3.63) is 62.9 Å². The van der Waals surface area contributed by atoms with Crippen LogP contribution < -0.4 is 16.2 Å². The number of methoxy groups -OCH3 is 1. The lowest BCUT2D eigenvalue weighted by Gasteiger charge is -2.16. The molecule has 11 nitrogen and oxygen atoms in total. The van der Waals surface area contributed by atoms with E-state index in [9.17, 15) is 14.4 Å². The first-order chi connectivity index (χ1) is 16.6. The first-order valence-electron chi connectivity index (χ1n) is 10.6.